The highest BCUT2D eigenvalue weighted by Crippen LogP contribution is 2.55. The molecule has 7 nitrogen and oxygen atoms in total. The summed E-state index contributed by atoms with van der Waals surface area (Å²) >= 11 is 0. The van der Waals surface area contributed by atoms with Gasteiger partial charge < -0.3 is 16.0 Å². The van der Waals surface area contributed by atoms with E-state index in [4.69, 9.17) is 0 Å². The van der Waals surface area contributed by atoms with E-state index in [1.54, 1.807) is 25.7 Å². The normalized spacial score (nSPS) is 50.0. The highest BCUT2D eigenvalue weighted by molar-refractivity contribution is 5.13. The number of piperidine rings is 3. The van der Waals surface area contributed by atoms with Crippen molar-refractivity contribution in [3.8, 4) is 0 Å². The van der Waals surface area contributed by atoms with E-state index in [0.29, 0.717) is 0 Å². The topological polar surface area (TPSA) is 49.1 Å². The summed E-state index contributed by atoms with van der Waals surface area (Å²) in [5.74, 6) is 7.58. The molecule has 3 N–H and O–H groups in total. The molecule has 6 aliphatic heterocycles. The molecule has 0 bridgehead atoms. The summed E-state index contributed by atoms with van der Waals surface area (Å²) in [6.45, 7) is 7.74. The van der Waals surface area contributed by atoms with Crippen molar-refractivity contribution < 1.29 is 0 Å². The molecule has 7 saturated carbocycles. The van der Waals surface area contributed by atoms with Crippen molar-refractivity contribution >= 4 is 0 Å². The van der Waals surface area contributed by atoms with Gasteiger partial charge in [-0.3, -0.25) is 19.6 Å². The van der Waals surface area contributed by atoms with E-state index < -0.39 is 0 Å². The van der Waals surface area contributed by atoms with Crippen LogP contribution in [0.15, 0.2) is 0 Å². The van der Waals surface area contributed by atoms with Gasteiger partial charge in [-0.1, -0.05) is 64.2 Å². The summed E-state index contributed by atoms with van der Waals surface area (Å²) in [5.41, 5.74) is 0. The van der Waals surface area contributed by atoms with Crippen molar-refractivity contribution in [1.29, 1.82) is 0 Å². The van der Waals surface area contributed by atoms with Gasteiger partial charge in [-0.2, -0.15) is 0 Å². The first-order valence-corrected chi connectivity index (χ1v) is 30.0. The summed E-state index contributed by atoms with van der Waals surface area (Å²) in [6.07, 6.45) is 46.6. The van der Waals surface area contributed by atoms with Crippen LogP contribution < -0.4 is 16.0 Å². The van der Waals surface area contributed by atoms with Crippen molar-refractivity contribution in [3.63, 3.8) is 0 Å². The van der Waals surface area contributed by atoms with Crippen LogP contribution in [0.5, 0.6) is 0 Å². The van der Waals surface area contributed by atoms with Gasteiger partial charge in [0.1, 0.15) is 0 Å². The Labute approximate surface area is 392 Å². The minimum atomic E-state index is 0.842. The molecule has 15 unspecified atom stereocenters. The zero-order chi connectivity index (χ0) is 42.1. The molecule has 13 aliphatic rings. The van der Waals surface area contributed by atoms with Crippen molar-refractivity contribution in [3.05, 3.63) is 0 Å². The molecule has 6 heterocycles. The molecule has 64 heavy (non-hydrogen) atoms. The van der Waals surface area contributed by atoms with Crippen LogP contribution in [0.1, 0.15) is 199 Å². The van der Waals surface area contributed by atoms with Gasteiger partial charge in [-0.05, 0) is 221 Å². The number of nitrogens with one attached hydrogen (secondary N) is 3. The fourth-order valence-electron chi connectivity index (χ4n) is 21.4. The first-order chi connectivity index (χ1) is 31.8. The van der Waals surface area contributed by atoms with E-state index in [2.05, 4.69) is 35.6 Å². The molecule has 7 heteroatoms. The minimum absolute atomic E-state index is 0.842. The maximum atomic E-state index is 4.00. The molecular weight excluding hydrogens is 783 g/mol. The highest BCUT2D eigenvalue weighted by atomic mass is 15.3. The fraction of sp³-hybridized carbons (Fsp3) is 1.00. The van der Waals surface area contributed by atoms with E-state index in [0.717, 1.165) is 120 Å². The van der Waals surface area contributed by atoms with E-state index in [1.807, 2.05) is 0 Å². The Hall–Kier alpha value is -0.280. The third-order valence-corrected chi connectivity index (χ3v) is 23.6. The van der Waals surface area contributed by atoms with Gasteiger partial charge in [-0.15, -0.1) is 0 Å². The quantitative estimate of drug-likeness (QED) is 0.236. The van der Waals surface area contributed by atoms with E-state index >= 15 is 0 Å². The van der Waals surface area contributed by atoms with Crippen molar-refractivity contribution in [2.75, 3.05) is 39.3 Å². The Kier molecular flexibility index (Phi) is 13.1. The van der Waals surface area contributed by atoms with E-state index in [1.165, 1.54) is 213 Å². The molecule has 0 aromatic rings. The van der Waals surface area contributed by atoms with Gasteiger partial charge >= 0.3 is 0 Å². The lowest BCUT2D eigenvalue weighted by Gasteiger charge is -2.52. The zero-order valence-corrected chi connectivity index (χ0v) is 41.0. The second kappa shape index (κ2) is 19.1. The van der Waals surface area contributed by atoms with Crippen molar-refractivity contribution in [2.24, 2.45) is 47.3 Å². The summed E-state index contributed by atoms with van der Waals surface area (Å²) < 4.78 is 0. The molecule has 0 spiro atoms. The summed E-state index contributed by atoms with van der Waals surface area (Å²) in [4.78, 5) is 13.4. The lowest BCUT2D eigenvalue weighted by Crippen LogP contribution is -2.58. The van der Waals surface area contributed by atoms with Crippen molar-refractivity contribution in [2.45, 2.75) is 272 Å². The second-order valence-electron chi connectivity index (χ2n) is 26.1. The number of hydrogen-bond donors (Lipinski definition) is 3. The van der Waals surface area contributed by atoms with Crippen LogP contribution in [0.4, 0.5) is 0 Å². The van der Waals surface area contributed by atoms with Crippen LogP contribution in [0.25, 0.3) is 0 Å². The Balaban J connectivity index is 0.741. The number of rotatable bonds is 7. The van der Waals surface area contributed by atoms with Gasteiger partial charge in [0, 0.05) is 72.5 Å². The number of fused-ring (bicyclic) bond motifs is 9. The average molecular weight is 880 g/mol. The first kappa shape index (κ1) is 43.7. The second-order valence-corrected chi connectivity index (χ2v) is 26.1. The van der Waals surface area contributed by atoms with E-state index in [9.17, 15) is 0 Å². The zero-order valence-electron chi connectivity index (χ0n) is 41.0. The molecule has 0 amide bonds. The maximum absolute atomic E-state index is 4.00. The largest absolute Gasteiger partial charge is 0.316 e. The number of nitrogens with zero attached hydrogens (tertiary/aromatic N) is 4. The highest BCUT2D eigenvalue weighted by Gasteiger charge is 2.58. The smallest absolute Gasteiger partial charge is 0.0157 e. The van der Waals surface area contributed by atoms with Gasteiger partial charge in [0.25, 0.3) is 0 Å². The summed E-state index contributed by atoms with van der Waals surface area (Å²) in [5, 5.41) is 11.9. The molecule has 0 radical (unpaired) electrons. The SMILES string of the molecule is C1CCC(N(C2CCCCC2)C2CCC3C(C2)C2CNCCC2N3C2CCC(C3CC(N4C5CCCCC5C5CNCCC54)CC(N4C5CCCCC5C5CNCCC54)C3)CC2)CC1. The molecule has 0 aromatic heterocycles. The third-order valence-electron chi connectivity index (χ3n) is 23.6. The Morgan fingerprint density at radius 1 is 0.281 bits per heavy atom. The maximum Gasteiger partial charge on any atom is 0.0157 e. The molecule has 6 saturated heterocycles. The van der Waals surface area contributed by atoms with Gasteiger partial charge in [0.15, 0.2) is 0 Å². The molecule has 0 aromatic carbocycles. The standard InChI is InChI=1S/C57H97N7/c1-3-11-40(12-4-1)61(41-13-5-2-6-14-41)43-23-24-54-48(34-43)51-37-60-30-27-57(51)62(54)42-21-19-38(20-22-42)39-31-44(63-52-17-9-7-15-46(52)49-35-58-28-25-55(49)63)33-45(32-39)64-53-18-10-8-16-47(53)50-36-59-29-26-56(50)64/h38-60H,1-37H2. The minimum Gasteiger partial charge on any atom is -0.316 e. The average Bonchev–Trinajstić information content (AvgIpc) is 4.00. The predicted octanol–water partition coefficient (Wildman–Crippen LogP) is 9.59. The van der Waals surface area contributed by atoms with Crippen LogP contribution in [0, 0.1) is 47.3 Å². The molecule has 13 fully saturated rings. The third kappa shape index (κ3) is 7.90. The Morgan fingerprint density at radius 3 is 1.25 bits per heavy atom. The lowest BCUT2D eigenvalue weighted by atomic mass is 9.68. The monoisotopic (exact) mass is 880 g/mol. The molecule has 15 atom stereocenters. The number of likely N-dealkylation sites (tertiary alicyclic amines) is 3. The molecule has 13 rings (SSSR count). The van der Waals surface area contributed by atoms with E-state index in [-0.39, 0.29) is 0 Å². The first-order valence-electron chi connectivity index (χ1n) is 30.0. The summed E-state index contributed by atoms with van der Waals surface area (Å²) in [6, 6.07) is 10.5. The van der Waals surface area contributed by atoms with Crippen LogP contribution >= 0.6 is 0 Å². The predicted molar refractivity (Wildman–Crippen MR) is 262 cm³/mol. The van der Waals surface area contributed by atoms with Crippen molar-refractivity contribution in [1.82, 2.24) is 35.6 Å². The Bertz CT molecular complexity index is 1420. The summed E-state index contributed by atoms with van der Waals surface area (Å²) in [7, 11) is 0. The van der Waals surface area contributed by atoms with Gasteiger partial charge in [-0.25, -0.2) is 0 Å². The van der Waals surface area contributed by atoms with Crippen LogP contribution in [-0.2, 0) is 0 Å². The molecular formula is C57H97N7. The van der Waals surface area contributed by atoms with Gasteiger partial charge in [0.05, 0.1) is 0 Å². The molecule has 7 aliphatic carbocycles. The van der Waals surface area contributed by atoms with Gasteiger partial charge in [0.2, 0.25) is 0 Å². The van der Waals surface area contributed by atoms with Crippen LogP contribution in [0.3, 0.4) is 0 Å². The fourth-order valence-corrected chi connectivity index (χ4v) is 21.4. The lowest BCUT2D eigenvalue weighted by molar-refractivity contribution is -0.0273. The molecule has 360 valence electrons. The van der Waals surface area contributed by atoms with Crippen LogP contribution in [0.2, 0.25) is 0 Å². The number of hydrogen-bond acceptors (Lipinski definition) is 7. The van der Waals surface area contributed by atoms with Crippen LogP contribution in [-0.4, -0.2) is 131 Å². The Morgan fingerprint density at radius 2 is 0.719 bits per heavy atom.